The van der Waals surface area contributed by atoms with Crippen LogP contribution in [0.5, 0.6) is 0 Å². The van der Waals surface area contributed by atoms with Crippen molar-refractivity contribution in [2.24, 2.45) is 5.92 Å². The zero-order valence-corrected chi connectivity index (χ0v) is 16.4. The molecule has 0 bridgehead atoms. The first-order valence-electron chi connectivity index (χ1n) is 9.98. The molecule has 1 fully saturated rings. The van der Waals surface area contributed by atoms with Crippen molar-refractivity contribution in [3.8, 4) is 0 Å². The van der Waals surface area contributed by atoms with Crippen LogP contribution in [-0.4, -0.2) is 29.0 Å². The van der Waals surface area contributed by atoms with Gasteiger partial charge in [-0.15, -0.1) is 0 Å². The molecule has 1 unspecified atom stereocenters. The summed E-state index contributed by atoms with van der Waals surface area (Å²) in [6, 6.07) is 16.0. The van der Waals surface area contributed by atoms with Crippen LogP contribution >= 0.6 is 0 Å². The summed E-state index contributed by atoms with van der Waals surface area (Å²) in [7, 11) is 0. The summed E-state index contributed by atoms with van der Waals surface area (Å²) < 4.78 is 0. The first-order chi connectivity index (χ1) is 13.6. The Morgan fingerprint density at radius 1 is 1.11 bits per heavy atom. The van der Waals surface area contributed by atoms with E-state index in [-0.39, 0.29) is 11.8 Å². The van der Waals surface area contributed by atoms with Gasteiger partial charge in [0.15, 0.2) is 0 Å². The Morgan fingerprint density at radius 3 is 2.61 bits per heavy atom. The van der Waals surface area contributed by atoms with Gasteiger partial charge in [0.25, 0.3) is 0 Å². The predicted molar refractivity (Wildman–Crippen MR) is 114 cm³/mol. The van der Waals surface area contributed by atoms with Crippen molar-refractivity contribution in [2.45, 2.75) is 32.6 Å². The fraction of sp³-hybridized carbons (Fsp3) is 0.348. The van der Waals surface area contributed by atoms with Crippen LogP contribution in [0.3, 0.4) is 0 Å². The topological polar surface area (TPSA) is 58.1 Å². The van der Waals surface area contributed by atoms with E-state index in [1.54, 1.807) is 0 Å². The predicted octanol–water partition coefficient (Wildman–Crippen LogP) is 4.61. The molecule has 144 valence electrons. The van der Waals surface area contributed by atoms with E-state index in [1.165, 1.54) is 5.56 Å². The minimum atomic E-state index is -0.0493. The number of hydrogen-bond donors (Lipinski definition) is 1. The van der Waals surface area contributed by atoms with Crippen LogP contribution in [0, 0.1) is 5.92 Å². The molecule has 1 aliphatic rings. The van der Waals surface area contributed by atoms with E-state index in [1.807, 2.05) is 42.6 Å². The van der Waals surface area contributed by atoms with E-state index in [4.69, 9.17) is 4.98 Å². The third-order valence-corrected chi connectivity index (χ3v) is 5.40. The van der Waals surface area contributed by atoms with Crippen molar-refractivity contribution in [3.63, 3.8) is 0 Å². The summed E-state index contributed by atoms with van der Waals surface area (Å²) in [5.41, 5.74) is 3.91. The third kappa shape index (κ3) is 3.98. The number of benzene rings is 2. The lowest BCUT2D eigenvalue weighted by atomic mass is 9.97. The van der Waals surface area contributed by atoms with Crippen LogP contribution in [0.2, 0.25) is 0 Å². The minimum absolute atomic E-state index is 0.0493. The molecule has 1 aromatic heterocycles. The minimum Gasteiger partial charge on any atom is -0.355 e. The van der Waals surface area contributed by atoms with Gasteiger partial charge in [-0.05, 0) is 48.6 Å². The summed E-state index contributed by atoms with van der Waals surface area (Å²) in [5, 5.41) is 3.08. The molecule has 28 heavy (non-hydrogen) atoms. The number of carbonyl (C=O) groups excluding carboxylic acids is 1. The van der Waals surface area contributed by atoms with Gasteiger partial charge in [0.2, 0.25) is 5.91 Å². The first kappa shape index (κ1) is 18.4. The molecule has 3 aromatic rings. The fourth-order valence-electron chi connectivity index (χ4n) is 3.69. The van der Waals surface area contributed by atoms with Gasteiger partial charge in [0, 0.05) is 18.8 Å². The smallest absolute Gasteiger partial charge is 0.229 e. The molecule has 1 saturated heterocycles. The number of aromatic nitrogens is 2. The van der Waals surface area contributed by atoms with Gasteiger partial charge in [0.1, 0.15) is 5.82 Å². The third-order valence-electron chi connectivity index (χ3n) is 5.40. The highest BCUT2D eigenvalue weighted by Gasteiger charge is 2.27. The quantitative estimate of drug-likeness (QED) is 0.725. The van der Waals surface area contributed by atoms with Gasteiger partial charge in [-0.2, -0.15) is 0 Å². The van der Waals surface area contributed by atoms with E-state index in [0.717, 1.165) is 41.9 Å². The Kier molecular flexibility index (Phi) is 5.24. The normalized spacial score (nSPS) is 17.1. The maximum atomic E-state index is 12.8. The number of amides is 1. The lowest BCUT2D eigenvalue weighted by Gasteiger charge is -2.32. The van der Waals surface area contributed by atoms with Crippen molar-refractivity contribution < 1.29 is 4.79 Å². The van der Waals surface area contributed by atoms with Crippen LogP contribution in [-0.2, 0) is 4.79 Å². The zero-order chi connectivity index (χ0) is 19.5. The molecule has 5 nitrogen and oxygen atoms in total. The lowest BCUT2D eigenvalue weighted by molar-refractivity contribution is -0.120. The summed E-state index contributed by atoms with van der Waals surface area (Å²) in [6.07, 6.45) is 3.68. The second kappa shape index (κ2) is 7.97. The highest BCUT2D eigenvalue weighted by Crippen LogP contribution is 2.24. The number of rotatable bonds is 4. The Bertz CT molecular complexity index is 968. The molecule has 2 aromatic carbocycles. The number of nitrogens with one attached hydrogen (secondary N) is 1. The van der Waals surface area contributed by atoms with Gasteiger partial charge < -0.3 is 10.2 Å². The molecular weight excluding hydrogens is 348 g/mol. The number of piperidine rings is 1. The van der Waals surface area contributed by atoms with Gasteiger partial charge in [0.05, 0.1) is 23.1 Å². The highest BCUT2D eigenvalue weighted by atomic mass is 16.1. The fourth-order valence-corrected chi connectivity index (χ4v) is 3.69. The Morgan fingerprint density at radius 2 is 1.86 bits per heavy atom. The second-order valence-electron chi connectivity index (χ2n) is 7.77. The average molecular weight is 374 g/mol. The van der Waals surface area contributed by atoms with E-state index in [0.29, 0.717) is 12.5 Å². The van der Waals surface area contributed by atoms with Gasteiger partial charge >= 0.3 is 0 Å². The molecule has 1 atom stereocenters. The largest absolute Gasteiger partial charge is 0.355 e. The number of para-hydroxylation sites is 2. The molecule has 0 spiro atoms. The Balaban J connectivity index is 1.44. The maximum absolute atomic E-state index is 12.8. The zero-order valence-electron chi connectivity index (χ0n) is 16.4. The number of fused-ring (bicyclic) bond motifs is 1. The van der Waals surface area contributed by atoms with Gasteiger partial charge in [-0.1, -0.05) is 38.1 Å². The van der Waals surface area contributed by atoms with Crippen molar-refractivity contribution in [3.05, 3.63) is 60.3 Å². The summed E-state index contributed by atoms with van der Waals surface area (Å²) in [6.45, 7) is 5.91. The van der Waals surface area contributed by atoms with Crippen LogP contribution in [0.4, 0.5) is 11.5 Å². The van der Waals surface area contributed by atoms with E-state index in [2.05, 4.69) is 41.2 Å². The molecule has 4 rings (SSSR count). The van der Waals surface area contributed by atoms with E-state index in [9.17, 15) is 4.79 Å². The molecule has 0 radical (unpaired) electrons. The van der Waals surface area contributed by atoms with Crippen LogP contribution in [0.1, 0.15) is 38.2 Å². The van der Waals surface area contributed by atoms with E-state index >= 15 is 0 Å². The molecule has 1 N–H and O–H groups in total. The average Bonchev–Trinajstić information content (AvgIpc) is 2.74. The summed E-state index contributed by atoms with van der Waals surface area (Å²) in [4.78, 5) is 24.2. The maximum Gasteiger partial charge on any atom is 0.229 e. The van der Waals surface area contributed by atoms with E-state index < -0.39 is 0 Å². The number of anilines is 2. The van der Waals surface area contributed by atoms with Crippen molar-refractivity contribution in [2.75, 3.05) is 23.3 Å². The van der Waals surface area contributed by atoms with Crippen molar-refractivity contribution >= 4 is 28.4 Å². The highest BCUT2D eigenvalue weighted by molar-refractivity contribution is 5.93. The second-order valence-corrected chi connectivity index (χ2v) is 7.77. The molecule has 5 heteroatoms. The lowest BCUT2D eigenvalue weighted by Crippen LogP contribution is -2.41. The van der Waals surface area contributed by atoms with Crippen molar-refractivity contribution in [1.82, 2.24) is 9.97 Å². The number of nitrogens with zero attached hydrogens (tertiary/aromatic N) is 3. The van der Waals surface area contributed by atoms with Crippen LogP contribution < -0.4 is 10.2 Å². The van der Waals surface area contributed by atoms with Crippen molar-refractivity contribution in [1.29, 1.82) is 0 Å². The molecule has 2 heterocycles. The summed E-state index contributed by atoms with van der Waals surface area (Å²) >= 11 is 0. The molecule has 0 aliphatic carbocycles. The van der Waals surface area contributed by atoms with Gasteiger partial charge in [-0.3, -0.25) is 9.78 Å². The SMILES string of the molecule is CC(C)c1ccc(NC(=O)C2CCCN(c3cnc4ccccc4n3)C2)cc1. The number of hydrogen-bond acceptors (Lipinski definition) is 4. The van der Waals surface area contributed by atoms with Crippen LogP contribution in [0.15, 0.2) is 54.7 Å². The Hall–Kier alpha value is -2.95. The monoisotopic (exact) mass is 374 g/mol. The molecular formula is C23H26N4O. The van der Waals surface area contributed by atoms with Crippen LogP contribution in [0.25, 0.3) is 11.0 Å². The molecule has 0 saturated carbocycles. The summed E-state index contributed by atoms with van der Waals surface area (Å²) in [5.74, 6) is 1.36. The Labute approximate surface area is 165 Å². The standard InChI is InChI=1S/C23H26N4O/c1-16(2)17-9-11-19(12-10-17)25-23(28)18-6-5-13-27(15-18)22-14-24-20-7-3-4-8-21(20)26-22/h3-4,7-12,14,16,18H,5-6,13,15H2,1-2H3,(H,25,28). The molecule has 1 amide bonds. The first-order valence-corrected chi connectivity index (χ1v) is 9.98. The number of carbonyl (C=O) groups is 1. The molecule has 1 aliphatic heterocycles. The van der Waals surface area contributed by atoms with Gasteiger partial charge in [-0.25, -0.2) is 4.98 Å².